The maximum Gasteiger partial charge on any atom is 0.405 e. The van der Waals surface area contributed by atoms with Crippen LogP contribution in [0.2, 0.25) is 0 Å². The molecule has 7 heteroatoms. The lowest BCUT2D eigenvalue weighted by atomic mass is 10.1. The Morgan fingerprint density at radius 3 is 2.47 bits per heavy atom. The molecular weight excluding hydrogens is 261 g/mol. The van der Waals surface area contributed by atoms with E-state index in [1.54, 1.807) is 6.92 Å². The molecule has 4 nitrogen and oxygen atoms in total. The number of rotatable bonds is 5. The van der Waals surface area contributed by atoms with Gasteiger partial charge in [0, 0.05) is 17.9 Å². The van der Waals surface area contributed by atoms with Crippen molar-refractivity contribution in [2.45, 2.75) is 19.5 Å². The zero-order chi connectivity index (χ0) is 14.6. The number of carbonyl (C=O) groups is 1. The molecular formula is C12H15F3N2O2. The molecule has 0 aromatic heterocycles. The highest BCUT2D eigenvalue weighted by Crippen LogP contribution is 2.25. The lowest BCUT2D eigenvalue weighted by Crippen LogP contribution is -2.34. The molecule has 0 atom stereocenters. The SMILES string of the molecule is CCCN(CC(F)(F)F)c1ccc(C(=O)O)c(N)c1. The largest absolute Gasteiger partial charge is 0.478 e. The summed E-state index contributed by atoms with van der Waals surface area (Å²) in [5.41, 5.74) is 5.63. The third kappa shape index (κ3) is 4.35. The number of benzene rings is 1. The van der Waals surface area contributed by atoms with Crippen LogP contribution in [0.15, 0.2) is 18.2 Å². The summed E-state index contributed by atoms with van der Waals surface area (Å²) in [4.78, 5) is 11.9. The molecule has 19 heavy (non-hydrogen) atoms. The first-order valence-corrected chi connectivity index (χ1v) is 5.69. The quantitative estimate of drug-likeness (QED) is 0.811. The van der Waals surface area contributed by atoms with Crippen LogP contribution in [0, 0.1) is 0 Å². The minimum Gasteiger partial charge on any atom is -0.478 e. The monoisotopic (exact) mass is 276 g/mol. The number of anilines is 2. The average Bonchev–Trinajstić information content (AvgIpc) is 2.26. The van der Waals surface area contributed by atoms with Crippen molar-refractivity contribution in [1.82, 2.24) is 0 Å². The van der Waals surface area contributed by atoms with Crippen LogP contribution < -0.4 is 10.6 Å². The topological polar surface area (TPSA) is 66.6 Å². The molecule has 3 N–H and O–H groups in total. The zero-order valence-electron chi connectivity index (χ0n) is 10.4. The average molecular weight is 276 g/mol. The Morgan fingerprint density at radius 1 is 1.42 bits per heavy atom. The Morgan fingerprint density at radius 2 is 2.05 bits per heavy atom. The third-order valence-corrected chi connectivity index (χ3v) is 2.49. The molecule has 0 fully saturated rings. The van der Waals surface area contributed by atoms with Gasteiger partial charge in [-0.3, -0.25) is 0 Å². The van der Waals surface area contributed by atoms with Gasteiger partial charge in [-0.05, 0) is 24.6 Å². The van der Waals surface area contributed by atoms with Crippen molar-refractivity contribution in [2.75, 3.05) is 23.7 Å². The van der Waals surface area contributed by atoms with Crippen molar-refractivity contribution in [3.05, 3.63) is 23.8 Å². The van der Waals surface area contributed by atoms with E-state index in [2.05, 4.69) is 0 Å². The van der Waals surface area contributed by atoms with E-state index in [1.807, 2.05) is 0 Å². The summed E-state index contributed by atoms with van der Waals surface area (Å²) in [6, 6.07) is 3.80. The summed E-state index contributed by atoms with van der Waals surface area (Å²) in [7, 11) is 0. The lowest BCUT2D eigenvalue weighted by Gasteiger charge is -2.26. The molecule has 0 unspecified atom stereocenters. The standard InChI is InChI=1S/C12H15F3N2O2/c1-2-5-17(7-12(13,14)15)8-3-4-9(11(18)19)10(16)6-8/h3-4,6H,2,5,7,16H2,1H3,(H,18,19). The summed E-state index contributed by atoms with van der Waals surface area (Å²) < 4.78 is 37.4. The van der Waals surface area contributed by atoms with Crippen LogP contribution in [0.4, 0.5) is 24.5 Å². The van der Waals surface area contributed by atoms with Gasteiger partial charge < -0.3 is 15.7 Å². The highest BCUT2D eigenvalue weighted by atomic mass is 19.4. The smallest absolute Gasteiger partial charge is 0.405 e. The van der Waals surface area contributed by atoms with Gasteiger partial charge in [-0.25, -0.2) is 4.79 Å². The predicted octanol–water partition coefficient (Wildman–Crippen LogP) is 2.75. The van der Waals surface area contributed by atoms with Gasteiger partial charge in [-0.1, -0.05) is 6.92 Å². The Labute approximate surface area is 108 Å². The van der Waals surface area contributed by atoms with Gasteiger partial charge in [0.2, 0.25) is 0 Å². The Balaban J connectivity index is 3.03. The summed E-state index contributed by atoms with van der Waals surface area (Å²) in [5.74, 6) is -1.21. The fourth-order valence-electron chi connectivity index (χ4n) is 1.73. The van der Waals surface area contributed by atoms with Gasteiger partial charge in [0.15, 0.2) is 0 Å². The predicted molar refractivity (Wildman–Crippen MR) is 66.4 cm³/mol. The van der Waals surface area contributed by atoms with E-state index in [9.17, 15) is 18.0 Å². The van der Waals surface area contributed by atoms with Crippen LogP contribution in [-0.2, 0) is 0 Å². The first-order chi connectivity index (χ1) is 8.74. The molecule has 0 aliphatic carbocycles. The Kier molecular flexibility index (Phi) is 4.63. The summed E-state index contributed by atoms with van der Waals surface area (Å²) in [5, 5.41) is 8.81. The molecule has 1 aromatic carbocycles. The number of aromatic carboxylic acids is 1. The fraction of sp³-hybridized carbons (Fsp3) is 0.417. The van der Waals surface area contributed by atoms with Crippen LogP contribution in [0.5, 0.6) is 0 Å². The van der Waals surface area contributed by atoms with Crippen LogP contribution in [0.25, 0.3) is 0 Å². The molecule has 106 valence electrons. The number of halogens is 3. The normalized spacial score (nSPS) is 11.4. The van der Waals surface area contributed by atoms with E-state index in [0.29, 0.717) is 6.42 Å². The second kappa shape index (κ2) is 5.81. The van der Waals surface area contributed by atoms with Gasteiger partial charge in [0.1, 0.15) is 6.54 Å². The van der Waals surface area contributed by atoms with E-state index in [-0.39, 0.29) is 23.5 Å². The Bertz CT molecular complexity index is 461. The van der Waals surface area contributed by atoms with Gasteiger partial charge >= 0.3 is 12.1 Å². The number of nitrogens with two attached hydrogens (primary N) is 1. The number of alkyl halides is 3. The van der Waals surface area contributed by atoms with E-state index in [4.69, 9.17) is 10.8 Å². The number of carboxylic acids is 1. The molecule has 0 saturated carbocycles. The van der Waals surface area contributed by atoms with Crippen molar-refractivity contribution < 1.29 is 23.1 Å². The summed E-state index contributed by atoms with van der Waals surface area (Å²) in [6.07, 6.45) is -3.79. The first kappa shape index (κ1) is 15.1. The van der Waals surface area contributed by atoms with Crippen LogP contribution in [0.1, 0.15) is 23.7 Å². The highest BCUT2D eigenvalue weighted by molar-refractivity contribution is 5.94. The fourth-order valence-corrected chi connectivity index (χ4v) is 1.73. The van der Waals surface area contributed by atoms with Gasteiger partial charge in [-0.15, -0.1) is 0 Å². The molecule has 0 saturated heterocycles. The molecule has 1 rings (SSSR count). The number of hydrogen-bond acceptors (Lipinski definition) is 3. The molecule has 0 spiro atoms. The maximum absolute atomic E-state index is 12.5. The maximum atomic E-state index is 12.5. The summed E-state index contributed by atoms with van der Waals surface area (Å²) in [6.45, 7) is 0.885. The minimum atomic E-state index is -4.32. The van der Waals surface area contributed by atoms with Crippen molar-refractivity contribution in [2.24, 2.45) is 0 Å². The summed E-state index contributed by atoms with van der Waals surface area (Å²) >= 11 is 0. The highest BCUT2D eigenvalue weighted by Gasteiger charge is 2.30. The second-order valence-corrected chi connectivity index (χ2v) is 4.11. The molecule has 0 radical (unpaired) electrons. The second-order valence-electron chi connectivity index (χ2n) is 4.11. The minimum absolute atomic E-state index is 0.0479. The number of nitrogens with zero attached hydrogens (tertiary/aromatic N) is 1. The van der Waals surface area contributed by atoms with Gasteiger partial charge in [0.25, 0.3) is 0 Å². The zero-order valence-corrected chi connectivity index (χ0v) is 10.4. The van der Waals surface area contributed by atoms with Gasteiger partial charge in [-0.2, -0.15) is 13.2 Å². The van der Waals surface area contributed by atoms with E-state index < -0.39 is 18.7 Å². The third-order valence-electron chi connectivity index (χ3n) is 2.49. The van der Waals surface area contributed by atoms with Crippen molar-refractivity contribution in [1.29, 1.82) is 0 Å². The first-order valence-electron chi connectivity index (χ1n) is 5.69. The van der Waals surface area contributed by atoms with Crippen molar-refractivity contribution in [3.8, 4) is 0 Å². The number of nitrogen functional groups attached to an aromatic ring is 1. The van der Waals surface area contributed by atoms with Crippen LogP contribution in [-0.4, -0.2) is 30.3 Å². The van der Waals surface area contributed by atoms with Gasteiger partial charge in [0.05, 0.1) is 5.56 Å². The van der Waals surface area contributed by atoms with Crippen molar-refractivity contribution in [3.63, 3.8) is 0 Å². The van der Waals surface area contributed by atoms with E-state index in [0.717, 1.165) is 4.90 Å². The number of hydrogen-bond donors (Lipinski definition) is 2. The Hall–Kier alpha value is -1.92. The number of carboxylic acid groups (broad SMARTS) is 1. The molecule has 0 amide bonds. The lowest BCUT2D eigenvalue weighted by molar-refractivity contribution is -0.119. The molecule has 0 heterocycles. The van der Waals surface area contributed by atoms with Crippen LogP contribution >= 0.6 is 0 Å². The van der Waals surface area contributed by atoms with Crippen LogP contribution in [0.3, 0.4) is 0 Å². The van der Waals surface area contributed by atoms with E-state index >= 15 is 0 Å². The molecule has 0 bridgehead atoms. The van der Waals surface area contributed by atoms with E-state index in [1.165, 1.54) is 18.2 Å². The molecule has 1 aromatic rings. The molecule has 0 aliphatic heterocycles. The molecule has 0 aliphatic rings. The van der Waals surface area contributed by atoms with Crippen molar-refractivity contribution >= 4 is 17.3 Å².